The predicted molar refractivity (Wildman–Crippen MR) is 83.8 cm³/mol. The van der Waals surface area contributed by atoms with Crippen molar-refractivity contribution in [1.29, 1.82) is 0 Å². The standard InChI is InChI=1S/C15H17N2O7P/c18-13-6-3-7-14(19)17(13)12(9-24-25(21,22)23)16-8-10-4-1-2-5-11(10)15(16)20/h1-2,4-5,12H,3,6-9H2,(H2,21,22,23). The molecule has 1 aromatic rings. The molecule has 2 aliphatic heterocycles. The van der Waals surface area contributed by atoms with Gasteiger partial charge in [-0.05, 0) is 18.1 Å². The Morgan fingerprint density at radius 2 is 1.76 bits per heavy atom. The maximum Gasteiger partial charge on any atom is 0.469 e. The van der Waals surface area contributed by atoms with Crippen LogP contribution in [-0.2, 0) is 25.2 Å². The summed E-state index contributed by atoms with van der Waals surface area (Å²) >= 11 is 0. The number of piperidine rings is 1. The number of carbonyl (C=O) groups excluding carboxylic acids is 3. The fourth-order valence-corrected chi connectivity index (χ4v) is 3.42. The molecule has 0 aliphatic carbocycles. The highest BCUT2D eigenvalue weighted by Gasteiger charge is 2.42. The van der Waals surface area contributed by atoms with E-state index < -0.39 is 38.3 Å². The average molecular weight is 368 g/mol. The van der Waals surface area contributed by atoms with Crippen molar-refractivity contribution in [2.75, 3.05) is 6.61 Å². The molecule has 25 heavy (non-hydrogen) atoms. The van der Waals surface area contributed by atoms with E-state index in [-0.39, 0.29) is 19.4 Å². The Bertz CT molecular complexity index is 759. The van der Waals surface area contributed by atoms with Crippen LogP contribution < -0.4 is 0 Å². The first-order valence-electron chi connectivity index (χ1n) is 7.72. The van der Waals surface area contributed by atoms with Crippen molar-refractivity contribution in [3.05, 3.63) is 35.4 Å². The summed E-state index contributed by atoms with van der Waals surface area (Å²) in [4.78, 5) is 57.2. The smallest absolute Gasteiger partial charge is 0.311 e. The predicted octanol–water partition coefficient (Wildman–Crippen LogP) is 0.617. The zero-order valence-corrected chi connectivity index (χ0v) is 14.1. The molecular weight excluding hydrogens is 351 g/mol. The van der Waals surface area contributed by atoms with Gasteiger partial charge in [-0.1, -0.05) is 18.2 Å². The number of rotatable bonds is 5. The number of carbonyl (C=O) groups is 3. The third kappa shape index (κ3) is 3.64. The highest BCUT2D eigenvalue weighted by Crippen LogP contribution is 2.37. The molecule has 0 saturated carbocycles. The van der Waals surface area contributed by atoms with E-state index >= 15 is 0 Å². The molecule has 2 aliphatic rings. The first-order valence-corrected chi connectivity index (χ1v) is 9.25. The molecule has 1 saturated heterocycles. The second-order valence-corrected chi connectivity index (χ2v) is 7.11. The maximum absolute atomic E-state index is 12.6. The lowest BCUT2D eigenvalue weighted by Gasteiger charge is -2.37. The third-order valence-corrected chi connectivity index (χ3v) is 4.70. The number of benzene rings is 1. The highest BCUT2D eigenvalue weighted by atomic mass is 31.2. The van der Waals surface area contributed by atoms with Crippen LogP contribution in [0.3, 0.4) is 0 Å². The van der Waals surface area contributed by atoms with Crippen LogP contribution >= 0.6 is 7.82 Å². The number of imide groups is 1. The summed E-state index contributed by atoms with van der Waals surface area (Å²) in [6, 6.07) is 6.82. The number of fused-ring (bicyclic) bond motifs is 1. The lowest BCUT2D eigenvalue weighted by atomic mass is 10.1. The van der Waals surface area contributed by atoms with E-state index in [1.165, 1.54) is 4.90 Å². The minimum absolute atomic E-state index is 0.126. The summed E-state index contributed by atoms with van der Waals surface area (Å²) in [5, 5.41) is 0. The molecule has 1 unspecified atom stereocenters. The number of likely N-dealkylation sites (tertiary alicyclic amines) is 1. The van der Waals surface area contributed by atoms with Crippen LogP contribution in [0.4, 0.5) is 0 Å². The van der Waals surface area contributed by atoms with Crippen LogP contribution in [0, 0.1) is 0 Å². The Morgan fingerprint density at radius 1 is 1.12 bits per heavy atom. The zero-order valence-electron chi connectivity index (χ0n) is 13.2. The molecular formula is C15H17N2O7P. The molecule has 0 spiro atoms. The lowest BCUT2D eigenvalue weighted by molar-refractivity contribution is -0.156. The number of phosphoric acid groups is 1. The summed E-state index contributed by atoms with van der Waals surface area (Å²) in [6.45, 7) is -0.525. The van der Waals surface area contributed by atoms with Gasteiger partial charge in [0.2, 0.25) is 11.8 Å². The number of hydrogen-bond acceptors (Lipinski definition) is 5. The van der Waals surface area contributed by atoms with E-state index in [1.807, 2.05) is 0 Å². The van der Waals surface area contributed by atoms with Gasteiger partial charge >= 0.3 is 7.82 Å². The molecule has 1 fully saturated rings. The summed E-state index contributed by atoms with van der Waals surface area (Å²) in [7, 11) is -4.83. The number of nitrogens with zero attached hydrogens (tertiary/aromatic N) is 2. The third-order valence-electron chi connectivity index (χ3n) is 4.22. The molecule has 9 nitrogen and oxygen atoms in total. The Labute approximate surface area is 143 Å². The van der Waals surface area contributed by atoms with Crippen LogP contribution in [0.5, 0.6) is 0 Å². The van der Waals surface area contributed by atoms with Gasteiger partial charge in [0, 0.05) is 24.9 Å². The maximum atomic E-state index is 12.6. The van der Waals surface area contributed by atoms with Gasteiger partial charge in [0.05, 0.1) is 6.61 Å². The van der Waals surface area contributed by atoms with Gasteiger partial charge in [-0.3, -0.25) is 23.8 Å². The van der Waals surface area contributed by atoms with E-state index in [0.29, 0.717) is 17.5 Å². The normalized spacial score (nSPS) is 19.4. The first kappa shape index (κ1) is 17.8. The quantitative estimate of drug-likeness (QED) is 0.576. The molecule has 0 aromatic heterocycles. The van der Waals surface area contributed by atoms with Crippen molar-refractivity contribution in [1.82, 2.24) is 9.80 Å². The van der Waals surface area contributed by atoms with Gasteiger partial charge in [0.25, 0.3) is 5.91 Å². The minimum Gasteiger partial charge on any atom is -0.311 e. The van der Waals surface area contributed by atoms with Gasteiger partial charge in [-0.2, -0.15) is 0 Å². The summed E-state index contributed by atoms with van der Waals surface area (Å²) in [6.07, 6.45) is -0.526. The van der Waals surface area contributed by atoms with Gasteiger partial charge in [0.1, 0.15) is 6.17 Å². The topological polar surface area (TPSA) is 124 Å². The van der Waals surface area contributed by atoms with Crippen molar-refractivity contribution in [3.63, 3.8) is 0 Å². The van der Waals surface area contributed by atoms with Crippen LogP contribution in [0.2, 0.25) is 0 Å². The van der Waals surface area contributed by atoms with E-state index in [2.05, 4.69) is 4.52 Å². The van der Waals surface area contributed by atoms with Gasteiger partial charge in [0.15, 0.2) is 0 Å². The molecule has 1 aromatic carbocycles. The second-order valence-electron chi connectivity index (χ2n) is 5.87. The Kier molecular flexibility index (Phi) is 4.75. The van der Waals surface area contributed by atoms with Gasteiger partial charge < -0.3 is 14.7 Å². The number of phosphoric ester groups is 1. The van der Waals surface area contributed by atoms with Crippen LogP contribution in [0.15, 0.2) is 24.3 Å². The van der Waals surface area contributed by atoms with Crippen molar-refractivity contribution >= 4 is 25.5 Å². The molecule has 134 valence electrons. The highest BCUT2D eigenvalue weighted by molar-refractivity contribution is 7.46. The van der Waals surface area contributed by atoms with Crippen LogP contribution in [-0.4, -0.2) is 50.1 Å². The van der Waals surface area contributed by atoms with Crippen LogP contribution in [0.25, 0.3) is 0 Å². The van der Waals surface area contributed by atoms with Gasteiger partial charge in [-0.15, -0.1) is 0 Å². The van der Waals surface area contributed by atoms with Crippen molar-refractivity contribution in [2.45, 2.75) is 32.0 Å². The van der Waals surface area contributed by atoms with E-state index in [0.717, 1.165) is 4.90 Å². The Hall–Kier alpha value is -2.06. The van der Waals surface area contributed by atoms with E-state index in [4.69, 9.17) is 9.79 Å². The summed E-state index contributed by atoms with van der Waals surface area (Å²) in [5.41, 5.74) is 1.14. The SMILES string of the molecule is O=C1c2ccccc2CN1C(COP(=O)(O)O)N1C(=O)CCCC1=O. The first-order chi connectivity index (χ1) is 11.8. The Morgan fingerprint density at radius 3 is 2.36 bits per heavy atom. The largest absolute Gasteiger partial charge is 0.469 e. The molecule has 0 radical (unpaired) electrons. The van der Waals surface area contributed by atoms with E-state index in [9.17, 15) is 18.9 Å². The molecule has 0 bridgehead atoms. The molecule has 3 rings (SSSR count). The molecule has 1 atom stereocenters. The van der Waals surface area contributed by atoms with Gasteiger partial charge in [-0.25, -0.2) is 4.57 Å². The number of amides is 3. The summed E-state index contributed by atoms with van der Waals surface area (Å²) in [5.74, 6) is -1.39. The lowest BCUT2D eigenvalue weighted by Crippen LogP contribution is -2.57. The Balaban J connectivity index is 1.92. The van der Waals surface area contributed by atoms with E-state index in [1.54, 1.807) is 24.3 Å². The molecule has 2 N–H and O–H groups in total. The van der Waals surface area contributed by atoms with Crippen molar-refractivity contribution in [3.8, 4) is 0 Å². The minimum atomic E-state index is -4.83. The number of hydrogen-bond donors (Lipinski definition) is 2. The monoisotopic (exact) mass is 368 g/mol. The van der Waals surface area contributed by atoms with Crippen molar-refractivity contribution in [2.24, 2.45) is 0 Å². The van der Waals surface area contributed by atoms with Crippen molar-refractivity contribution < 1.29 is 33.3 Å². The molecule has 10 heteroatoms. The fraction of sp³-hybridized carbons (Fsp3) is 0.400. The average Bonchev–Trinajstić information content (AvgIpc) is 2.86. The molecule has 2 heterocycles. The zero-order chi connectivity index (χ0) is 18.2. The fourth-order valence-electron chi connectivity index (χ4n) is 3.09. The summed E-state index contributed by atoms with van der Waals surface area (Å²) < 4.78 is 15.6. The molecule has 3 amide bonds. The van der Waals surface area contributed by atoms with Crippen LogP contribution in [0.1, 0.15) is 35.2 Å². The second kappa shape index (κ2) is 6.68.